The second-order valence-corrected chi connectivity index (χ2v) is 2.82. The minimum Gasteiger partial charge on any atom is -0.365 e. The molecule has 2 N–H and O–H groups in total. The second-order valence-electron chi connectivity index (χ2n) is 2.82. The van der Waals surface area contributed by atoms with Crippen LogP contribution in [0.1, 0.15) is 21.9 Å². The predicted molar refractivity (Wildman–Crippen MR) is 59.6 cm³/mol. The Bertz CT molecular complexity index is 640. The van der Waals surface area contributed by atoms with Crippen molar-refractivity contribution in [3.63, 3.8) is 0 Å². The number of imidazole rings is 1. The van der Waals surface area contributed by atoms with Gasteiger partial charge in [-0.25, -0.2) is 15.0 Å². The van der Waals surface area contributed by atoms with Gasteiger partial charge in [0.1, 0.15) is 11.8 Å². The first-order chi connectivity index (χ1) is 9.69. The van der Waals surface area contributed by atoms with Crippen LogP contribution in [-0.4, -0.2) is 26.5 Å². The van der Waals surface area contributed by atoms with Gasteiger partial charge >= 0.3 is 0 Å². The van der Waals surface area contributed by atoms with E-state index in [1.54, 1.807) is 0 Å². The van der Waals surface area contributed by atoms with Crippen LogP contribution in [0.15, 0.2) is 24.3 Å². The van der Waals surface area contributed by atoms with E-state index in [1.165, 1.54) is 12.7 Å². The molecular weight excluding hydrogens is 190 g/mol. The Morgan fingerprint density at radius 3 is 3.33 bits per heavy atom. The molecule has 0 saturated carbocycles. The summed E-state index contributed by atoms with van der Waals surface area (Å²) in [5, 5.41) is 2.85. The van der Waals surface area contributed by atoms with Crippen LogP contribution in [0.3, 0.4) is 0 Å². The molecule has 5 nitrogen and oxygen atoms in total. The van der Waals surface area contributed by atoms with Gasteiger partial charge in [0, 0.05) is 14.8 Å². The molecular formula is C10H13N5. The van der Waals surface area contributed by atoms with Crippen molar-refractivity contribution in [1.82, 2.24) is 19.9 Å². The van der Waals surface area contributed by atoms with E-state index in [0.29, 0.717) is 17.0 Å². The number of anilines is 1. The van der Waals surface area contributed by atoms with Gasteiger partial charge in [-0.1, -0.05) is 11.6 Å². The molecule has 15 heavy (non-hydrogen) atoms. The van der Waals surface area contributed by atoms with E-state index in [1.807, 2.05) is 0 Å². The van der Waals surface area contributed by atoms with E-state index in [2.05, 4.69) is 25.3 Å². The van der Waals surface area contributed by atoms with Crippen LogP contribution >= 0.6 is 0 Å². The summed E-state index contributed by atoms with van der Waals surface area (Å²) in [5.41, 5.74) is 0.455. The van der Waals surface area contributed by atoms with Crippen molar-refractivity contribution in [1.29, 1.82) is 0 Å². The number of allylic oxidation sites excluding steroid dienone is 1. The molecule has 0 aliphatic heterocycles. The number of nitrogens with one attached hydrogen (secondary N) is 2. The average Bonchev–Trinajstić information content (AvgIpc) is 2.80. The standard InChI is InChI=1S/C10H13N5/c1-7(2)3-4-11-9-8-10(13-5-12-8)15-6-14-9/h3,5-6H,4H2,1-2H3,(H2,11,12,13,14,15)/i1D3,2D3. The lowest BCUT2D eigenvalue weighted by molar-refractivity contribution is 1.16. The smallest absolute Gasteiger partial charge is 0.182 e. The Labute approximate surface area is 96.1 Å². The normalized spacial score (nSPS) is 17.9. The third-order valence-corrected chi connectivity index (χ3v) is 1.80. The summed E-state index contributed by atoms with van der Waals surface area (Å²) in [6.07, 6.45) is 3.91. The van der Waals surface area contributed by atoms with Gasteiger partial charge in [-0.3, -0.25) is 0 Å². The SMILES string of the molecule is [2H]C([2H])([2H])C(=CCNc1ncnc2nc[nH]c12)C([2H])([2H])[2H]. The fraction of sp³-hybridized carbons (Fsp3) is 0.300. The molecule has 0 fully saturated rings. The third kappa shape index (κ3) is 2.12. The van der Waals surface area contributed by atoms with Gasteiger partial charge in [0.15, 0.2) is 11.5 Å². The zero-order valence-electron chi connectivity index (χ0n) is 13.8. The maximum Gasteiger partial charge on any atom is 0.182 e. The maximum absolute atomic E-state index is 7.27. The van der Waals surface area contributed by atoms with E-state index >= 15 is 0 Å². The number of hydrogen-bond acceptors (Lipinski definition) is 4. The zero-order valence-corrected chi connectivity index (χ0v) is 7.78. The summed E-state index contributed by atoms with van der Waals surface area (Å²) in [7, 11) is 0. The molecule has 0 aliphatic rings. The van der Waals surface area contributed by atoms with Crippen molar-refractivity contribution in [2.45, 2.75) is 13.7 Å². The van der Waals surface area contributed by atoms with E-state index in [9.17, 15) is 0 Å². The van der Waals surface area contributed by atoms with Gasteiger partial charge in [-0.2, -0.15) is 0 Å². The molecule has 0 bridgehead atoms. The van der Waals surface area contributed by atoms with Crippen molar-refractivity contribution in [2.24, 2.45) is 0 Å². The molecule has 78 valence electrons. The maximum atomic E-state index is 7.27. The zero-order chi connectivity index (χ0) is 15.7. The highest BCUT2D eigenvalue weighted by atomic mass is 15.1. The molecule has 0 amide bonds. The molecule has 2 aromatic rings. The Morgan fingerprint density at radius 2 is 2.47 bits per heavy atom. The fourth-order valence-corrected chi connectivity index (χ4v) is 1.15. The highest BCUT2D eigenvalue weighted by Crippen LogP contribution is 2.13. The van der Waals surface area contributed by atoms with Gasteiger partial charge in [-0.05, 0) is 13.7 Å². The number of aromatic amines is 1. The Kier molecular flexibility index (Phi) is 1.29. The van der Waals surface area contributed by atoms with Crippen LogP contribution in [0.2, 0.25) is 0 Å². The Hall–Kier alpha value is -1.91. The first-order valence-corrected chi connectivity index (χ1v) is 4.28. The molecule has 2 aromatic heterocycles. The van der Waals surface area contributed by atoms with E-state index < -0.39 is 19.3 Å². The summed E-state index contributed by atoms with van der Waals surface area (Å²) >= 11 is 0. The molecule has 0 saturated heterocycles. The Morgan fingerprint density at radius 1 is 1.53 bits per heavy atom. The van der Waals surface area contributed by atoms with Gasteiger partial charge in [0.25, 0.3) is 0 Å². The third-order valence-electron chi connectivity index (χ3n) is 1.80. The number of hydrogen-bond donors (Lipinski definition) is 2. The topological polar surface area (TPSA) is 66.5 Å². The average molecular weight is 209 g/mol. The Balaban J connectivity index is 2.19. The summed E-state index contributed by atoms with van der Waals surface area (Å²) in [5.74, 6) is 0.421. The molecule has 0 atom stereocenters. The number of aromatic nitrogens is 4. The van der Waals surface area contributed by atoms with Gasteiger partial charge < -0.3 is 10.3 Å². The fourth-order valence-electron chi connectivity index (χ4n) is 1.15. The van der Waals surface area contributed by atoms with Crippen LogP contribution in [0, 0.1) is 0 Å². The quantitative estimate of drug-likeness (QED) is 0.755. The van der Waals surface area contributed by atoms with Crippen LogP contribution in [0.25, 0.3) is 11.2 Å². The summed E-state index contributed by atoms with van der Waals surface area (Å²) < 4.78 is 43.6. The second kappa shape index (κ2) is 4.08. The molecule has 0 aliphatic carbocycles. The molecule has 2 heterocycles. The molecule has 0 aromatic carbocycles. The summed E-state index contributed by atoms with van der Waals surface area (Å²) in [6, 6.07) is 0. The van der Waals surface area contributed by atoms with E-state index in [4.69, 9.17) is 8.22 Å². The highest BCUT2D eigenvalue weighted by Gasteiger charge is 2.03. The van der Waals surface area contributed by atoms with Crippen molar-refractivity contribution >= 4 is 17.0 Å². The van der Waals surface area contributed by atoms with Crippen LogP contribution in [0.4, 0.5) is 5.82 Å². The predicted octanol–water partition coefficient (Wildman–Crippen LogP) is 1.73. The minimum atomic E-state index is -2.66. The van der Waals surface area contributed by atoms with Crippen molar-refractivity contribution in [3.8, 4) is 0 Å². The van der Waals surface area contributed by atoms with Crippen molar-refractivity contribution in [3.05, 3.63) is 24.3 Å². The van der Waals surface area contributed by atoms with Crippen molar-refractivity contribution in [2.75, 3.05) is 11.9 Å². The van der Waals surface area contributed by atoms with Gasteiger partial charge in [0.2, 0.25) is 0 Å². The number of fused-ring (bicyclic) bond motifs is 1. The van der Waals surface area contributed by atoms with E-state index in [-0.39, 0.29) is 6.54 Å². The number of rotatable bonds is 3. The summed E-state index contributed by atoms with van der Waals surface area (Å²) in [6.45, 7) is -5.32. The molecule has 5 heteroatoms. The molecule has 0 unspecified atom stereocenters. The van der Waals surface area contributed by atoms with Crippen LogP contribution in [-0.2, 0) is 0 Å². The lowest BCUT2D eigenvalue weighted by atomic mass is 10.3. The molecule has 0 radical (unpaired) electrons. The lowest BCUT2D eigenvalue weighted by Gasteiger charge is -2.02. The summed E-state index contributed by atoms with van der Waals surface area (Å²) in [4.78, 5) is 14.7. The van der Waals surface area contributed by atoms with Gasteiger partial charge in [-0.15, -0.1) is 0 Å². The largest absolute Gasteiger partial charge is 0.365 e. The number of H-pyrrole nitrogens is 1. The van der Waals surface area contributed by atoms with Crippen LogP contribution in [0.5, 0.6) is 0 Å². The molecule has 2 rings (SSSR count). The van der Waals surface area contributed by atoms with Gasteiger partial charge in [0.05, 0.1) is 6.33 Å². The monoisotopic (exact) mass is 209 g/mol. The van der Waals surface area contributed by atoms with Crippen LogP contribution < -0.4 is 5.32 Å². The van der Waals surface area contributed by atoms with E-state index in [0.717, 1.165) is 6.08 Å². The highest BCUT2D eigenvalue weighted by molar-refractivity contribution is 5.81. The first kappa shape index (κ1) is 4.74. The first-order valence-electron chi connectivity index (χ1n) is 7.28. The lowest BCUT2D eigenvalue weighted by Crippen LogP contribution is -2.02. The minimum absolute atomic E-state index is 0.0112. The van der Waals surface area contributed by atoms with Crippen molar-refractivity contribution < 1.29 is 8.22 Å². The molecule has 0 spiro atoms. The number of nitrogens with zero attached hydrogens (tertiary/aromatic N) is 3.